The fourth-order valence-electron chi connectivity index (χ4n) is 1.26. The molecule has 1 aromatic carbocycles. The Morgan fingerprint density at radius 3 is 1.39 bits per heavy atom. The van der Waals surface area contributed by atoms with Gasteiger partial charge in [0.25, 0.3) is 5.97 Å². The molecule has 0 saturated carbocycles. The van der Waals surface area contributed by atoms with E-state index in [2.05, 4.69) is 4.74 Å². The zero-order chi connectivity index (χ0) is 22.5. The van der Waals surface area contributed by atoms with Gasteiger partial charge in [-0.1, -0.05) is 12.1 Å². The second kappa shape index (κ2) is 20.8. The number of carboxylic acid groups (broad SMARTS) is 1. The molecule has 162 valence electrons. The van der Waals surface area contributed by atoms with Crippen LogP contribution in [-0.4, -0.2) is 73.4 Å². The van der Waals surface area contributed by atoms with E-state index in [1.165, 1.54) is 6.92 Å². The summed E-state index contributed by atoms with van der Waals surface area (Å²) in [4.78, 5) is 32.1. The van der Waals surface area contributed by atoms with Crippen molar-refractivity contribution in [1.82, 2.24) is 0 Å². The van der Waals surface area contributed by atoms with Crippen LogP contribution in [0.4, 0.5) is 0 Å². The molecule has 1 aromatic rings. The molecule has 9 nitrogen and oxygen atoms in total. The monoisotopic (exact) mass is 404 g/mol. The van der Waals surface area contributed by atoms with E-state index in [1.807, 2.05) is 0 Å². The smallest absolute Gasteiger partial charge is 0.338 e. The summed E-state index contributed by atoms with van der Waals surface area (Å²) >= 11 is 0. The highest BCUT2D eigenvalue weighted by Crippen LogP contribution is 2.11. The predicted octanol–water partition coefficient (Wildman–Crippen LogP) is 1.75. The SMILES string of the molecule is CC(=O)O.CC(O)CO.CCOC(=O)c1ccccc1C(=O)OCC.COC. The van der Waals surface area contributed by atoms with Crippen LogP contribution >= 0.6 is 0 Å². The number of methoxy groups -OCH3 is 1. The van der Waals surface area contributed by atoms with Gasteiger partial charge in [0.15, 0.2) is 0 Å². The number of esters is 2. The minimum absolute atomic E-state index is 0.139. The Balaban J connectivity index is -0.000000428. The lowest BCUT2D eigenvalue weighted by Gasteiger charge is -2.07. The van der Waals surface area contributed by atoms with Crippen molar-refractivity contribution in [2.45, 2.75) is 33.8 Å². The van der Waals surface area contributed by atoms with Crippen LogP contribution in [0, 0.1) is 0 Å². The standard InChI is InChI=1S/C12H14O4.C3H8O2.C2H4O2.C2H6O/c1-3-15-11(13)9-7-5-6-8-10(9)12(14)16-4-2;1-3(5)2-4;1-2(3)4;1-3-2/h5-8H,3-4H2,1-2H3;3-5H,2H2,1H3;1H3,(H,3,4);1-2H3. The van der Waals surface area contributed by atoms with Crippen LogP contribution in [-0.2, 0) is 19.0 Å². The Kier molecular flexibility index (Phi) is 22.5. The highest BCUT2D eigenvalue weighted by molar-refractivity contribution is 6.03. The van der Waals surface area contributed by atoms with Crippen molar-refractivity contribution >= 4 is 17.9 Å². The summed E-state index contributed by atoms with van der Waals surface area (Å²) < 4.78 is 14.0. The molecular weight excluding hydrogens is 372 g/mol. The molecular formula is C19H32O9. The van der Waals surface area contributed by atoms with Gasteiger partial charge in [-0.25, -0.2) is 9.59 Å². The molecule has 0 heterocycles. The van der Waals surface area contributed by atoms with Crippen molar-refractivity contribution in [3.8, 4) is 0 Å². The zero-order valence-corrected chi connectivity index (χ0v) is 17.3. The fourth-order valence-corrected chi connectivity index (χ4v) is 1.26. The van der Waals surface area contributed by atoms with Gasteiger partial charge in [-0.2, -0.15) is 0 Å². The molecule has 0 bridgehead atoms. The maximum atomic E-state index is 11.5. The second-order valence-corrected chi connectivity index (χ2v) is 4.95. The maximum Gasteiger partial charge on any atom is 0.338 e. The van der Waals surface area contributed by atoms with Crippen molar-refractivity contribution in [2.24, 2.45) is 0 Å². The predicted molar refractivity (Wildman–Crippen MR) is 103 cm³/mol. The van der Waals surface area contributed by atoms with E-state index >= 15 is 0 Å². The van der Waals surface area contributed by atoms with E-state index in [4.69, 9.17) is 29.6 Å². The summed E-state index contributed by atoms with van der Waals surface area (Å²) in [5, 5.41) is 23.4. The summed E-state index contributed by atoms with van der Waals surface area (Å²) in [6.45, 7) is 6.45. The molecule has 0 saturated heterocycles. The van der Waals surface area contributed by atoms with Crippen LogP contribution in [0.2, 0.25) is 0 Å². The van der Waals surface area contributed by atoms with Crippen molar-refractivity contribution in [2.75, 3.05) is 34.0 Å². The molecule has 0 radical (unpaired) electrons. The summed E-state index contributed by atoms with van der Waals surface area (Å²) in [5.41, 5.74) is 0.477. The van der Waals surface area contributed by atoms with E-state index in [9.17, 15) is 9.59 Å². The summed E-state index contributed by atoms with van der Waals surface area (Å²) in [6.07, 6.45) is -0.560. The molecule has 0 spiro atoms. The first kappa shape index (κ1) is 30.2. The molecule has 0 fully saturated rings. The third-order valence-corrected chi connectivity index (χ3v) is 2.18. The van der Waals surface area contributed by atoms with E-state index in [0.717, 1.165) is 6.92 Å². The number of aliphatic carboxylic acids is 1. The lowest BCUT2D eigenvalue weighted by atomic mass is 10.1. The van der Waals surface area contributed by atoms with Crippen molar-refractivity contribution in [3.63, 3.8) is 0 Å². The van der Waals surface area contributed by atoms with Gasteiger partial charge < -0.3 is 29.5 Å². The molecule has 0 amide bonds. The summed E-state index contributed by atoms with van der Waals surface area (Å²) in [6, 6.07) is 6.44. The van der Waals surface area contributed by atoms with Gasteiger partial charge >= 0.3 is 11.9 Å². The lowest BCUT2D eigenvalue weighted by molar-refractivity contribution is -0.134. The molecule has 3 N–H and O–H groups in total. The topological polar surface area (TPSA) is 140 Å². The molecule has 0 aliphatic rings. The average Bonchev–Trinajstić information content (AvgIpc) is 2.63. The second-order valence-electron chi connectivity index (χ2n) is 4.95. The largest absolute Gasteiger partial charge is 0.481 e. The summed E-state index contributed by atoms with van der Waals surface area (Å²) in [7, 11) is 3.25. The van der Waals surface area contributed by atoms with Crippen molar-refractivity contribution < 1.29 is 43.9 Å². The first-order chi connectivity index (χ1) is 13.1. The Morgan fingerprint density at radius 1 is 0.964 bits per heavy atom. The number of aliphatic hydroxyl groups excluding tert-OH is 2. The number of carboxylic acids is 1. The number of carbonyl (C=O) groups is 3. The Hall–Kier alpha value is -2.49. The van der Waals surface area contributed by atoms with Gasteiger partial charge in [0.2, 0.25) is 0 Å². The molecule has 1 rings (SSSR count). The van der Waals surface area contributed by atoms with Gasteiger partial charge in [0, 0.05) is 21.1 Å². The van der Waals surface area contributed by atoms with Crippen LogP contribution in [0.1, 0.15) is 48.4 Å². The number of hydrogen-bond acceptors (Lipinski definition) is 8. The van der Waals surface area contributed by atoms with Crippen LogP contribution in [0.15, 0.2) is 24.3 Å². The van der Waals surface area contributed by atoms with E-state index in [0.29, 0.717) is 0 Å². The number of aliphatic hydroxyl groups is 2. The first-order valence-corrected chi connectivity index (χ1v) is 8.44. The van der Waals surface area contributed by atoms with E-state index in [1.54, 1.807) is 52.3 Å². The highest BCUT2D eigenvalue weighted by Gasteiger charge is 2.17. The quantitative estimate of drug-likeness (QED) is 0.626. The van der Waals surface area contributed by atoms with Crippen molar-refractivity contribution in [3.05, 3.63) is 35.4 Å². The Labute approximate surface area is 165 Å². The average molecular weight is 404 g/mol. The molecule has 9 heteroatoms. The Bertz CT molecular complexity index is 501. The first-order valence-electron chi connectivity index (χ1n) is 8.44. The minimum Gasteiger partial charge on any atom is -0.481 e. The maximum absolute atomic E-state index is 11.5. The minimum atomic E-state index is -0.833. The molecule has 0 aliphatic carbocycles. The number of rotatable bonds is 5. The summed E-state index contributed by atoms with van der Waals surface area (Å²) in [5.74, 6) is -1.85. The highest BCUT2D eigenvalue weighted by atomic mass is 16.5. The van der Waals surface area contributed by atoms with Crippen LogP contribution in [0.25, 0.3) is 0 Å². The van der Waals surface area contributed by atoms with Gasteiger partial charge in [-0.05, 0) is 32.9 Å². The molecule has 1 unspecified atom stereocenters. The van der Waals surface area contributed by atoms with Crippen molar-refractivity contribution in [1.29, 1.82) is 0 Å². The fraction of sp³-hybridized carbons (Fsp3) is 0.526. The van der Waals surface area contributed by atoms with Crippen LogP contribution < -0.4 is 0 Å². The van der Waals surface area contributed by atoms with Crippen LogP contribution in [0.5, 0.6) is 0 Å². The molecule has 28 heavy (non-hydrogen) atoms. The molecule has 0 aromatic heterocycles. The van der Waals surface area contributed by atoms with Crippen LogP contribution in [0.3, 0.4) is 0 Å². The third kappa shape index (κ3) is 19.8. The van der Waals surface area contributed by atoms with Gasteiger partial charge in [-0.3, -0.25) is 4.79 Å². The molecule has 1 atom stereocenters. The number of benzene rings is 1. The zero-order valence-electron chi connectivity index (χ0n) is 17.3. The Morgan fingerprint density at radius 2 is 1.21 bits per heavy atom. The number of hydrogen-bond donors (Lipinski definition) is 3. The normalized spacial score (nSPS) is 9.71. The van der Waals surface area contributed by atoms with E-state index in [-0.39, 0.29) is 30.9 Å². The lowest BCUT2D eigenvalue weighted by Crippen LogP contribution is -2.13. The van der Waals surface area contributed by atoms with Gasteiger partial charge in [-0.15, -0.1) is 0 Å². The molecule has 0 aliphatic heterocycles. The van der Waals surface area contributed by atoms with Gasteiger partial charge in [0.1, 0.15) is 0 Å². The van der Waals surface area contributed by atoms with E-state index < -0.39 is 24.0 Å². The number of ether oxygens (including phenoxy) is 3. The third-order valence-electron chi connectivity index (χ3n) is 2.18. The van der Waals surface area contributed by atoms with Gasteiger partial charge in [0.05, 0.1) is 37.1 Å². The number of carbonyl (C=O) groups excluding carboxylic acids is 2.